The van der Waals surface area contributed by atoms with Gasteiger partial charge in [0.25, 0.3) is 5.91 Å². The number of piperazine rings is 1. The molecule has 1 aliphatic rings. The van der Waals surface area contributed by atoms with Crippen LogP contribution in [0.4, 0.5) is 14.2 Å². The maximum Gasteiger partial charge on any atom is 0.319 e. The number of aromatic nitrogens is 1. The van der Waals surface area contributed by atoms with Gasteiger partial charge in [0.05, 0.1) is 0 Å². The molecule has 174 valence electrons. The van der Waals surface area contributed by atoms with Gasteiger partial charge in [0.15, 0.2) is 0 Å². The molecule has 0 unspecified atom stereocenters. The van der Waals surface area contributed by atoms with Crippen molar-refractivity contribution in [1.29, 1.82) is 0 Å². The van der Waals surface area contributed by atoms with E-state index in [0.29, 0.717) is 16.6 Å². The summed E-state index contributed by atoms with van der Waals surface area (Å²) in [5.74, 6) is -1.30. The van der Waals surface area contributed by atoms with Crippen LogP contribution >= 0.6 is 27.5 Å². The van der Waals surface area contributed by atoms with Crippen LogP contribution in [-0.4, -0.2) is 72.4 Å². The normalized spacial score (nSPS) is 14.8. The zero-order valence-corrected chi connectivity index (χ0v) is 20.1. The molecule has 12 heteroatoms. The third-order valence-electron chi connectivity index (χ3n) is 5.05. The number of nitrogens with two attached hydrogens (primary N) is 1. The first-order valence-corrected chi connectivity index (χ1v) is 11.7. The molecule has 1 aromatic heterocycles. The molecule has 1 aromatic carbocycles. The molecule has 2 heterocycles. The molecule has 1 saturated heterocycles. The monoisotopic (exact) mass is 528 g/mol. The van der Waals surface area contributed by atoms with E-state index in [0.717, 1.165) is 50.7 Å². The lowest BCUT2D eigenvalue weighted by Gasteiger charge is -2.32. The third kappa shape index (κ3) is 6.86. The zero-order valence-electron chi connectivity index (χ0n) is 17.7. The number of urea groups is 1. The van der Waals surface area contributed by atoms with Gasteiger partial charge in [0.2, 0.25) is 5.88 Å². The van der Waals surface area contributed by atoms with Crippen molar-refractivity contribution >= 4 is 44.4 Å². The van der Waals surface area contributed by atoms with Gasteiger partial charge in [-0.3, -0.25) is 10.1 Å². The highest BCUT2D eigenvalue weighted by molar-refractivity contribution is 9.10. The quantitative estimate of drug-likeness (QED) is 0.431. The van der Waals surface area contributed by atoms with Crippen molar-refractivity contribution in [2.75, 3.05) is 51.6 Å². The number of primary amides is 1. The van der Waals surface area contributed by atoms with Crippen molar-refractivity contribution < 1.29 is 18.7 Å². The predicted octanol–water partition coefficient (Wildman–Crippen LogP) is 2.48. The van der Waals surface area contributed by atoms with Crippen LogP contribution in [0.1, 0.15) is 22.3 Å². The van der Waals surface area contributed by atoms with Gasteiger partial charge in [-0.15, -0.1) is 0 Å². The summed E-state index contributed by atoms with van der Waals surface area (Å²) in [6, 6.07) is 4.10. The lowest BCUT2D eigenvalue weighted by atomic mass is 10.2. The van der Waals surface area contributed by atoms with E-state index in [4.69, 9.17) is 10.5 Å². The highest BCUT2D eigenvalue weighted by Gasteiger charge is 2.22. The van der Waals surface area contributed by atoms with Crippen LogP contribution in [0.2, 0.25) is 0 Å². The van der Waals surface area contributed by atoms with Crippen LogP contribution in [0.15, 0.2) is 22.7 Å². The third-order valence-corrected chi connectivity index (χ3v) is 6.29. The van der Waals surface area contributed by atoms with E-state index in [2.05, 4.69) is 47.8 Å². The topological polar surface area (TPSA) is 113 Å². The molecule has 0 atom stereocenters. The van der Waals surface area contributed by atoms with Gasteiger partial charge in [-0.25, -0.2) is 9.18 Å². The number of halogens is 2. The van der Waals surface area contributed by atoms with E-state index in [1.165, 1.54) is 6.07 Å². The number of amides is 3. The van der Waals surface area contributed by atoms with Gasteiger partial charge in [-0.1, -0.05) is 22.0 Å². The Bertz CT molecular complexity index is 951. The Labute approximate surface area is 198 Å². The molecule has 1 fully saturated rings. The van der Waals surface area contributed by atoms with Crippen molar-refractivity contribution in [3.63, 3.8) is 0 Å². The second-order valence-electron chi connectivity index (χ2n) is 7.46. The fourth-order valence-electron chi connectivity index (χ4n) is 3.18. The summed E-state index contributed by atoms with van der Waals surface area (Å²) in [6.07, 6.45) is 0.815. The van der Waals surface area contributed by atoms with Crippen molar-refractivity contribution in [1.82, 2.24) is 19.5 Å². The number of nitrogens with one attached hydrogen (secondary N) is 2. The Morgan fingerprint density at radius 3 is 2.75 bits per heavy atom. The second kappa shape index (κ2) is 11.5. The molecule has 0 aliphatic carbocycles. The number of hydrogen-bond acceptors (Lipinski definition) is 7. The van der Waals surface area contributed by atoms with Crippen LogP contribution in [0.3, 0.4) is 0 Å². The van der Waals surface area contributed by atoms with Crippen LogP contribution < -0.4 is 21.1 Å². The molecule has 4 N–H and O–H groups in total. The maximum absolute atomic E-state index is 14.0. The lowest BCUT2D eigenvalue weighted by molar-refractivity contribution is 0.0996. The van der Waals surface area contributed by atoms with E-state index in [1.54, 1.807) is 12.1 Å². The maximum atomic E-state index is 14.0. The van der Waals surface area contributed by atoms with Crippen LogP contribution in [-0.2, 0) is 6.61 Å². The molecule has 0 saturated carbocycles. The first-order chi connectivity index (χ1) is 15.3. The minimum absolute atomic E-state index is 0.0416. The Morgan fingerprint density at radius 2 is 2.06 bits per heavy atom. The summed E-state index contributed by atoms with van der Waals surface area (Å²) < 4.78 is 24.1. The molecule has 32 heavy (non-hydrogen) atoms. The number of hydrogen-bond donors (Lipinski definition) is 3. The van der Waals surface area contributed by atoms with Crippen LogP contribution in [0.5, 0.6) is 5.88 Å². The first-order valence-electron chi connectivity index (χ1n) is 10.2. The number of ether oxygens (including phenoxy) is 1. The summed E-state index contributed by atoms with van der Waals surface area (Å²) >= 11 is 4.07. The predicted molar refractivity (Wildman–Crippen MR) is 125 cm³/mol. The fraction of sp³-hybridized carbons (Fsp3) is 0.450. The minimum Gasteiger partial charge on any atom is -0.471 e. The number of nitrogens with zero attached hydrogens (tertiary/aromatic N) is 3. The number of benzene rings is 1. The van der Waals surface area contributed by atoms with Gasteiger partial charge in [-0.2, -0.15) is 4.37 Å². The van der Waals surface area contributed by atoms with Gasteiger partial charge in [0.1, 0.15) is 23.0 Å². The summed E-state index contributed by atoms with van der Waals surface area (Å²) in [7, 11) is 2.11. The summed E-state index contributed by atoms with van der Waals surface area (Å²) in [4.78, 5) is 28.8. The SMILES string of the molecule is CN1CCN(CCCNC(=O)Nc2snc(OCc3ccc(Br)cc3F)c2C(N)=O)CC1. The van der Waals surface area contributed by atoms with Crippen molar-refractivity contribution in [2.24, 2.45) is 5.73 Å². The average Bonchev–Trinajstić information content (AvgIpc) is 3.14. The standard InChI is InChI=1S/C20H26BrFN6O3S/c1-27-7-9-28(10-8-27)6-2-5-24-20(30)25-19-16(17(23)29)18(26-32-19)31-12-13-3-4-14(21)11-15(13)22/h3-4,11H,2,5-10,12H2,1H3,(H2,23,29)(H2,24,25,30). The summed E-state index contributed by atoms with van der Waals surface area (Å²) in [5.41, 5.74) is 5.71. The largest absolute Gasteiger partial charge is 0.471 e. The Morgan fingerprint density at radius 1 is 1.31 bits per heavy atom. The Balaban J connectivity index is 1.49. The van der Waals surface area contributed by atoms with E-state index < -0.39 is 17.8 Å². The molecule has 1 aliphatic heterocycles. The van der Waals surface area contributed by atoms with Crippen molar-refractivity contribution in [3.8, 4) is 5.88 Å². The van der Waals surface area contributed by atoms with Crippen LogP contribution in [0.25, 0.3) is 0 Å². The smallest absolute Gasteiger partial charge is 0.319 e. The van der Waals surface area contributed by atoms with Crippen molar-refractivity contribution in [2.45, 2.75) is 13.0 Å². The Kier molecular flexibility index (Phi) is 8.79. The lowest BCUT2D eigenvalue weighted by Crippen LogP contribution is -2.45. The zero-order chi connectivity index (χ0) is 23.1. The Hall–Kier alpha value is -2.28. The fourth-order valence-corrected chi connectivity index (χ4v) is 4.25. The molecular formula is C20H26BrFN6O3S. The molecule has 3 amide bonds. The highest BCUT2D eigenvalue weighted by Crippen LogP contribution is 2.31. The number of rotatable bonds is 9. The van der Waals surface area contributed by atoms with Gasteiger partial charge >= 0.3 is 6.03 Å². The number of anilines is 1. The molecule has 3 rings (SSSR count). The highest BCUT2D eigenvalue weighted by atomic mass is 79.9. The second-order valence-corrected chi connectivity index (χ2v) is 9.15. The number of likely N-dealkylation sites (N-methyl/N-ethyl adjacent to an activating group) is 1. The molecule has 0 spiro atoms. The minimum atomic E-state index is -0.796. The van der Waals surface area contributed by atoms with Crippen LogP contribution in [0, 0.1) is 5.82 Å². The molecule has 9 nitrogen and oxygen atoms in total. The van der Waals surface area contributed by atoms with E-state index in [-0.39, 0.29) is 23.1 Å². The molecular weight excluding hydrogens is 503 g/mol. The van der Waals surface area contributed by atoms with Gasteiger partial charge in [-0.05, 0) is 43.7 Å². The summed E-state index contributed by atoms with van der Waals surface area (Å²) in [5, 5.41) is 5.55. The number of carbonyl (C=O) groups is 2. The van der Waals surface area contributed by atoms with E-state index >= 15 is 0 Å². The average molecular weight is 529 g/mol. The summed E-state index contributed by atoms with van der Waals surface area (Å²) in [6.45, 7) is 5.42. The van der Waals surface area contributed by atoms with Gasteiger partial charge in [0, 0.05) is 42.8 Å². The number of carbonyl (C=O) groups excluding carboxylic acids is 2. The van der Waals surface area contributed by atoms with E-state index in [1.807, 2.05) is 0 Å². The first kappa shape index (κ1) is 24.4. The van der Waals surface area contributed by atoms with Crippen molar-refractivity contribution in [3.05, 3.63) is 39.6 Å². The van der Waals surface area contributed by atoms with E-state index in [9.17, 15) is 14.0 Å². The van der Waals surface area contributed by atoms with Gasteiger partial charge < -0.3 is 25.6 Å². The molecule has 0 radical (unpaired) electrons. The molecule has 2 aromatic rings. The molecule has 0 bridgehead atoms.